The summed E-state index contributed by atoms with van der Waals surface area (Å²) in [6, 6.07) is 8.48. The van der Waals surface area contributed by atoms with Crippen molar-refractivity contribution in [3.05, 3.63) is 35.9 Å². The summed E-state index contributed by atoms with van der Waals surface area (Å²) in [6.45, 7) is 0.158. The lowest BCUT2D eigenvalue weighted by molar-refractivity contribution is -0.144. The van der Waals surface area contributed by atoms with Crippen molar-refractivity contribution in [1.82, 2.24) is 10.2 Å². The minimum atomic E-state index is -1.06. The van der Waals surface area contributed by atoms with Crippen molar-refractivity contribution in [3.8, 4) is 0 Å². The molecule has 0 aliphatic carbocycles. The molecule has 0 bridgehead atoms. The Hall–Kier alpha value is -2.57. The molecule has 2 rings (SSSR count). The molecule has 1 unspecified atom stereocenters. The molecule has 7 heteroatoms. The number of aliphatic carboxylic acids is 1. The van der Waals surface area contributed by atoms with E-state index in [1.807, 2.05) is 30.3 Å². The molecule has 1 aliphatic rings. The fourth-order valence-corrected chi connectivity index (χ4v) is 2.47. The number of amides is 2. The number of hydrogen-bond donors (Lipinski definition) is 2. The van der Waals surface area contributed by atoms with Crippen LogP contribution < -0.4 is 5.32 Å². The molecule has 7 nitrogen and oxygen atoms in total. The Morgan fingerprint density at radius 1 is 1.26 bits per heavy atom. The van der Waals surface area contributed by atoms with E-state index < -0.39 is 18.1 Å². The summed E-state index contributed by atoms with van der Waals surface area (Å²) in [5.41, 5.74) is 0.849. The van der Waals surface area contributed by atoms with Crippen LogP contribution in [0.2, 0.25) is 0 Å². The van der Waals surface area contributed by atoms with Crippen molar-refractivity contribution in [3.63, 3.8) is 0 Å². The van der Waals surface area contributed by atoms with E-state index in [2.05, 4.69) is 5.32 Å². The first kappa shape index (κ1) is 16.8. The van der Waals surface area contributed by atoms with Crippen LogP contribution in [-0.4, -0.2) is 47.1 Å². The lowest BCUT2D eigenvalue weighted by atomic mass is 10.1. The molecule has 1 saturated heterocycles. The highest BCUT2D eigenvalue weighted by molar-refractivity contribution is 5.88. The van der Waals surface area contributed by atoms with Crippen LogP contribution in [0.1, 0.15) is 24.8 Å². The predicted molar refractivity (Wildman–Crippen MR) is 81.6 cm³/mol. The van der Waals surface area contributed by atoms with Gasteiger partial charge in [0.25, 0.3) is 0 Å². The van der Waals surface area contributed by atoms with Crippen LogP contribution >= 0.6 is 0 Å². The Morgan fingerprint density at radius 2 is 2.00 bits per heavy atom. The number of carboxylic acids is 1. The van der Waals surface area contributed by atoms with Gasteiger partial charge >= 0.3 is 12.1 Å². The lowest BCUT2D eigenvalue weighted by Gasteiger charge is -2.23. The third-order valence-electron chi connectivity index (χ3n) is 3.61. The topological polar surface area (TPSA) is 95.9 Å². The van der Waals surface area contributed by atoms with Crippen LogP contribution in [-0.2, 0) is 20.9 Å². The highest BCUT2D eigenvalue weighted by Crippen LogP contribution is 2.12. The van der Waals surface area contributed by atoms with E-state index >= 15 is 0 Å². The Balaban J connectivity index is 1.87. The van der Waals surface area contributed by atoms with E-state index in [9.17, 15) is 14.4 Å². The summed E-state index contributed by atoms with van der Waals surface area (Å²) in [5, 5.41) is 11.4. The van der Waals surface area contributed by atoms with Crippen molar-refractivity contribution in [2.75, 3.05) is 13.1 Å². The normalized spacial score (nSPS) is 18.2. The van der Waals surface area contributed by atoms with Gasteiger partial charge in [0.1, 0.15) is 19.2 Å². The Bertz CT molecular complexity index is 561. The second-order valence-electron chi connectivity index (χ2n) is 5.41. The summed E-state index contributed by atoms with van der Waals surface area (Å²) < 4.78 is 5.10. The predicted octanol–water partition coefficient (Wildman–Crippen LogP) is 1.38. The average molecular weight is 320 g/mol. The Labute approximate surface area is 134 Å². The first-order valence-corrected chi connectivity index (χ1v) is 7.54. The van der Waals surface area contributed by atoms with Crippen molar-refractivity contribution in [2.45, 2.75) is 31.9 Å². The molecule has 23 heavy (non-hydrogen) atoms. The number of hydrogen-bond acceptors (Lipinski definition) is 4. The molecule has 0 aromatic heterocycles. The van der Waals surface area contributed by atoms with Crippen molar-refractivity contribution < 1.29 is 24.2 Å². The highest BCUT2D eigenvalue weighted by Gasteiger charge is 2.29. The molecule has 124 valence electrons. The number of carbonyl (C=O) groups excluding carboxylic acids is 2. The molecule has 0 saturated carbocycles. The first-order valence-electron chi connectivity index (χ1n) is 7.54. The van der Waals surface area contributed by atoms with E-state index in [-0.39, 0.29) is 19.1 Å². The molecule has 2 N–H and O–H groups in total. The zero-order valence-corrected chi connectivity index (χ0v) is 12.7. The van der Waals surface area contributed by atoms with E-state index in [0.29, 0.717) is 13.0 Å². The minimum absolute atomic E-state index is 0.117. The average Bonchev–Trinajstić information content (AvgIpc) is 2.69. The van der Waals surface area contributed by atoms with Gasteiger partial charge in [-0.25, -0.2) is 4.79 Å². The van der Waals surface area contributed by atoms with Crippen molar-refractivity contribution >= 4 is 18.0 Å². The van der Waals surface area contributed by atoms with Crippen molar-refractivity contribution in [1.29, 1.82) is 0 Å². The van der Waals surface area contributed by atoms with Crippen LogP contribution in [0.15, 0.2) is 30.3 Å². The zero-order chi connectivity index (χ0) is 16.7. The minimum Gasteiger partial charge on any atom is -0.480 e. The fourth-order valence-electron chi connectivity index (χ4n) is 2.47. The number of likely N-dealkylation sites (tertiary alicyclic amines) is 1. The van der Waals surface area contributed by atoms with Crippen molar-refractivity contribution in [2.24, 2.45) is 0 Å². The third kappa shape index (κ3) is 5.28. The van der Waals surface area contributed by atoms with Crippen LogP contribution in [0.25, 0.3) is 0 Å². The van der Waals surface area contributed by atoms with Crippen LogP contribution in [0.3, 0.4) is 0 Å². The number of carbonyl (C=O) groups is 3. The van der Waals surface area contributed by atoms with Gasteiger partial charge in [-0.1, -0.05) is 30.3 Å². The SMILES string of the molecule is O=C(O)CN1CCCCC(NC(=O)OCc2ccccc2)C1=O. The monoisotopic (exact) mass is 320 g/mol. The second-order valence-corrected chi connectivity index (χ2v) is 5.41. The molecule has 1 atom stereocenters. The van der Waals surface area contributed by atoms with Gasteiger partial charge in [0.05, 0.1) is 0 Å². The first-order chi connectivity index (χ1) is 11.1. The van der Waals surface area contributed by atoms with E-state index in [4.69, 9.17) is 9.84 Å². The summed E-state index contributed by atoms with van der Waals surface area (Å²) in [5.74, 6) is -1.44. The Morgan fingerprint density at radius 3 is 2.70 bits per heavy atom. The van der Waals surface area contributed by atoms with Gasteiger partial charge < -0.3 is 20.1 Å². The van der Waals surface area contributed by atoms with E-state index in [1.165, 1.54) is 4.90 Å². The van der Waals surface area contributed by atoms with Gasteiger partial charge in [-0.15, -0.1) is 0 Å². The van der Waals surface area contributed by atoms with E-state index in [0.717, 1.165) is 18.4 Å². The molecule has 0 spiro atoms. The molecule has 1 aromatic rings. The number of benzene rings is 1. The van der Waals surface area contributed by atoms with Gasteiger partial charge in [-0.3, -0.25) is 9.59 Å². The quantitative estimate of drug-likeness (QED) is 0.854. The smallest absolute Gasteiger partial charge is 0.408 e. The number of rotatable bonds is 5. The number of nitrogens with zero attached hydrogens (tertiary/aromatic N) is 1. The maximum absolute atomic E-state index is 12.3. The molecule has 1 fully saturated rings. The van der Waals surface area contributed by atoms with Gasteiger partial charge in [0, 0.05) is 6.54 Å². The molecule has 1 aromatic carbocycles. The molecule has 2 amide bonds. The second kappa shape index (κ2) is 8.17. The summed E-state index contributed by atoms with van der Waals surface area (Å²) in [7, 11) is 0. The maximum Gasteiger partial charge on any atom is 0.408 e. The maximum atomic E-state index is 12.3. The number of alkyl carbamates (subject to hydrolysis) is 1. The standard InChI is InChI=1S/C16H20N2O5/c19-14(20)10-18-9-5-4-8-13(15(18)21)17-16(22)23-11-12-6-2-1-3-7-12/h1-3,6-7,13H,4-5,8-11H2,(H,17,22)(H,19,20). The summed E-state index contributed by atoms with van der Waals surface area (Å²) >= 11 is 0. The van der Waals surface area contributed by atoms with Crippen LogP contribution in [0, 0.1) is 0 Å². The Kier molecular flexibility index (Phi) is 5.96. The van der Waals surface area contributed by atoms with E-state index in [1.54, 1.807) is 0 Å². The zero-order valence-electron chi connectivity index (χ0n) is 12.7. The molecular weight excluding hydrogens is 300 g/mol. The van der Waals surface area contributed by atoms with Gasteiger partial charge in [-0.2, -0.15) is 0 Å². The molecule has 0 radical (unpaired) electrons. The van der Waals surface area contributed by atoms with Gasteiger partial charge in [0.15, 0.2) is 0 Å². The third-order valence-corrected chi connectivity index (χ3v) is 3.61. The largest absolute Gasteiger partial charge is 0.480 e. The molecule has 1 aliphatic heterocycles. The summed E-state index contributed by atoms with van der Waals surface area (Å²) in [4.78, 5) is 36.2. The highest BCUT2D eigenvalue weighted by atomic mass is 16.5. The summed E-state index contributed by atoms with van der Waals surface area (Å²) in [6.07, 6.45) is 1.27. The van der Waals surface area contributed by atoms with Gasteiger partial charge in [-0.05, 0) is 24.8 Å². The van der Waals surface area contributed by atoms with Gasteiger partial charge in [0.2, 0.25) is 5.91 Å². The fraction of sp³-hybridized carbons (Fsp3) is 0.438. The number of nitrogens with one attached hydrogen (secondary N) is 1. The lowest BCUT2D eigenvalue weighted by Crippen LogP contribution is -2.48. The number of carboxylic acid groups (broad SMARTS) is 1. The number of ether oxygens (including phenoxy) is 1. The molecule has 1 heterocycles. The van der Waals surface area contributed by atoms with Crippen LogP contribution in [0.4, 0.5) is 4.79 Å². The van der Waals surface area contributed by atoms with Crippen LogP contribution in [0.5, 0.6) is 0 Å². The molecular formula is C16H20N2O5.